The maximum atomic E-state index is 12.5. The molecule has 2 aromatic carbocycles. The molecule has 1 amide bonds. The van der Waals surface area contributed by atoms with Gasteiger partial charge >= 0.3 is 5.97 Å². The molecule has 6 nitrogen and oxygen atoms in total. The number of ether oxygens (including phenoxy) is 2. The number of hydrogen-bond donors (Lipinski definition) is 1. The van der Waals surface area contributed by atoms with E-state index in [2.05, 4.69) is 5.32 Å². The van der Waals surface area contributed by atoms with Crippen LogP contribution in [0.2, 0.25) is 0 Å². The molecule has 0 aliphatic heterocycles. The van der Waals surface area contributed by atoms with Gasteiger partial charge in [-0.3, -0.25) is 4.79 Å². The molecule has 0 saturated carbocycles. The van der Waals surface area contributed by atoms with Crippen LogP contribution in [0, 0.1) is 6.92 Å². The molecule has 1 N–H and O–H groups in total. The third-order valence-corrected chi connectivity index (χ3v) is 4.17. The van der Waals surface area contributed by atoms with Crippen molar-refractivity contribution in [2.75, 3.05) is 14.2 Å². The Morgan fingerprint density at radius 2 is 1.88 bits per heavy atom. The van der Waals surface area contributed by atoms with Crippen molar-refractivity contribution >= 4 is 22.8 Å². The zero-order valence-corrected chi connectivity index (χ0v) is 14.8. The molecule has 134 valence electrons. The Bertz CT molecular complexity index is 973. The van der Waals surface area contributed by atoms with Gasteiger partial charge < -0.3 is 19.2 Å². The standard InChI is InChI=1S/C20H19NO5/c1-12-14-6-4-5-7-17(14)26-18(12)19(22)21-11-13-8-9-16(24-2)15(10-13)20(23)25-3/h4-10H,11H2,1-3H3,(H,21,22). The van der Waals surface area contributed by atoms with E-state index in [-0.39, 0.29) is 18.2 Å². The van der Waals surface area contributed by atoms with E-state index in [4.69, 9.17) is 13.9 Å². The molecule has 1 aromatic heterocycles. The molecule has 0 fully saturated rings. The number of carbonyl (C=O) groups excluding carboxylic acids is 2. The number of amides is 1. The highest BCUT2D eigenvalue weighted by atomic mass is 16.5. The van der Waals surface area contributed by atoms with Crippen LogP contribution in [0.4, 0.5) is 0 Å². The Morgan fingerprint density at radius 1 is 1.12 bits per heavy atom. The van der Waals surface area contributed by atoms with E-state index in [0.717, 1.165) is 16.5 Å². The lowest BCUT2D eigenvalue weighted by atomic mass is 10.1. The Kier molecular flexibility index (Phi) is 4.93. The second-order valence-corrected chi connectivity index (χ2v) is 5.76. The zero-order valence-electron chi connectivity index (χ0n) is 14.8. The quantitative estimate of drug-likeness (QED) is 0.711. The highest BCUT2D eigenvalue weighted by molar-refractivity contribution is 5.99. The summed E-state index contributed by atoms with van der Waals surface area (Å²) in [6.07, 6.45) is 0. The summed E-state index contributed by atoms with van der Waals surface area (Å²) in [5.41, 5.74) is 2.52. The monoisotopic (exact) mass is 353 g/mol. The SMILES string of the molecule is COC(=O)c1cc(CNC(=O)c2oc3ccccc3c2C)ccc1OC. The number of furan rings is 1. The molecule has 0 atom stereocenters. The predicted octanol–water partition coefficient (Wildman–Crippen LogP) is 3.47. The van der Waals surface area contributed by atoms with E-state index >= 15 is 0 Å². The van der Waals surface area contributed by atoms with Gasteiger partial charge in [0.25, 0.3) is 5.91 Å². The summed E-state index contributed by atoms with van der Waals surface area (Å²) in [5.74, 6) is -0.106. The van der Waals surface area contributed by atoms with Crippen molar-refractivity contribution in [2.24, 2.45) is 0 Å². The summed E-state index contributed by atoms with van der Waals surface area (Å²) in [4.78, 5) is 24.3. The van der Waals surface area contributed by atoms with Gasteiger partial charge in [0.1, 0.15) is 16.9 Å². The molecule has 0 aliphatic rings. The minimum absolute atomic E-state index is 0.239. The van der Waals surface area contributed by atoms with E-state index in [1.807, 2.05) is 31.2 Å². The number of carbonyl (C=O) groups is 2. The van der Waals surface area contributed by atoms with Crippen molar-refractivity contribution < 1.29 is 23.5 Å². The fraction of sp³-hybridized carbons (Fsp3) is 0.200. The van der Waals surface area contributed by atoms with Gasteiger partial charge in [-0.2, -0.15) is 0 Å². The van der Waals surface area contributed by atoms with Crippen LogP contribution in [0.15, 0.2) is 46.9 Å². The fourth-order valence-corrected chi connectivity index (χ4v) is 2.79. The van der Waals surface area contributed by atoms with Gasteiger partial charge in [0.05, 0.1) is 14.2 Å². The van der Waals surface area contributed by atoms with Crippen LogP contribution in [0.1, 0.15) is 32.0 Å². The lowest BCUT2D eigenvalue weighted by Crippen LogP contribution is -2.23. The van der Waals surface area contributed by atoms with Gasteiger partial charge in [-0.05, 0) is 30.7 Å². The Labute approximate surface area is 150 Å². The number of nitrogens with one attached hydrogen (secondary N) is 1. The number of para-hydroxylation sites is 1. The van der Waals surface area contributed by atoms with E-state index in [1.54, 1.807) is 18.2 Å². The first kappa shape index (κ1) is 17.5. The summed E-state index contributed by atoms with van der Waals surface area (Å²) < 4.78 is 15.6. The number of fused-ring (bicyclic) bond motifs is 1. The Morgan fingerprint density at radius 3 is 2.58 bits per heavy atom. The van der Waals surface area contributed by atoms with Gasteiger partial charge in [-0.25, -0.2) is 4.79 Å². The molecule has 0 radical (unpaired) electrons. The summed E-state index contributed by atoms with van der Waals surface area (Å²) in [5, 5.41) is 3.73. The largest absolute Gasteiger partial charge is 0.496 e. The summed E-state index contributed by atoms with van der Waals surface area (Å²) in [7, 11) is 2.79. The average molecular weight is 353 g/mol. The normalized spacial score (nSPS) is 10.6. The van der Waals surface area contributed by atoms with Crippen LogP contribution >= 0.6 is 0 Å². The van der Waals surface area contributed by atoms with Crippen LogP contribution in [-0.4, -0.2) is 26.1 Å². The maximum absolute atomic E-state index is 12.5. The van der Waals surface area contributed by atoms with Crippen LogP contribution in [-0.2, 0) is 11.3 Å². The summed E-state index contributed by atoms with van der Waals surface area (Å²) in [6.45, 7) is 2.09. The minimum atomic E-state index is -0.497. The molecular weight excluding hydrogens is 334 g/mol. The van der Waals surface area contributed by atoms with Gasteiger partial charge in [0.15, 0.2) is 5.76 Å². The van der Waals surface area contributed by atoms with Crippen molar-refractivity contribution in [3.8, 4) is 5.75 Å². The van der Waals surface area contributed by atoms with Crippen molar-refractivity contribution in [2.45, 2.75) is 13.5 Å². The molecule has 3 rings (SSSR count). The molecule has 0 spiro atoms. The molecule has 0 unspecified atom stereocenters. The third-order valence-electron chi connectivity index (χ3n) is 4.17. The third kappa shape index (κ3) is 3.26. The summed E-state index contributed by atoms with van der Waals surface area (Å²) in [6, 6.07) is 12.6. The first-order valence-electron chi connectivity index (χ1n) is 8.06. The fourth-order valence-electron chi connectivity index (χ4n) is 2.79. The van der Waals surface area contributed by atoms with Crippen molar-refractivity contribution in [3.63, 3.8) is 0 Å². The molecule has 0 saturated heterocycles. The van der Waals surface area contributed by atoms with Gasteiger partial charge in [-0.15, -0.1) is 0 Å². The minimum Gasteiger partial charge on any atom is -0.496 e. The smallest absolute Gasteiger partial charge is 0.341 e. The van der Waals surface area contributed by atoms with Gasteiger partial charge in [0.2, 0.25) is 0 Å². The first-order valence-corrected chi connectivity index (χ1v) is 8.06. The number of methoxy groups -OCH3 is 2. The second-order valence-electron chi connectivity index (χ2n) is 5.76. The lowest BCUT2D eigenvalue weighted by molar-refractivity contribution is 0.0597. The van der Waals surface area contributed by atoms with Crippen LogP contribution in [0.3, 0.4) is 0 Å². The predicted molar refractivity (Wildman–Crippen MR) is 96.5 cm³/mol. The second kappa shape index (κ2) is 7.31. The van der Waals surface area contributed by atoms with Crippen LogP contribution in [0.25, 0.3) is 11.0 Å². The van der Waals surface area contributed by atoms with Crippen LogP contribution in [0.5, 0.6) is 5.75 Å². The van der Waals surface area contributed by atoms with E-state index in [1.165, 1.54) is 14.2 Å². The molecular formula is C20H19NO5. The summed E-state index contributed by atoms with van der Waals surface area (Å²) >= 11 is 0. The Balaban J connectivity index is 1.79. The van der Waals surface area contributed by atoms with Crippen molar-refractivity contribution in [1.82, 2.24) is 5.32 Å². The number of rotatable bonds is 5. The van der Waals surface area contributed by atoms with Crippen LogP contribution < -0.4 is 10.1 Å². The number of hydrogen-bond acceptors (Lipinski definition) is 5. The average Bonchev–Trinajstić information content (AvgIpc) is 3.02. The van der Waals surface area contributed by atoms with Gasteiger partial charge in [-0.1, -0.05) is 24.3 Å². The molecule has 0 bridgehead atoms. The number of esters is 1. The maximum Gasteiger partial charge on any atom is 0.341 e. The van der Waals surface area contributed by atoms with Crippen molar-refractivity contribution in [3.05, 3.63) is 64.9 Å². The molecule has 3 aromatic rings. The molecule has 26 heavy (non-hydrogen) atoms. The van der Waals surface area contributed by atoms with E-state index in [9.17, 15) is 9.59 Å². The van der Waals surface area contributed by atoms with E-state index in [0.29, 0.717) is 16.9 Å². The highest BCUT2D eigenvalue weighted by Crippen LogP contribution is 2.25. The van der Waals surface area contributed by atoms with Gasteiger partial charge in [0, 0.05) is 17.5 Å². The molecule has 0 aliphatic carbocycles. The lowest BCUT2D eigenvalue weighted by Gasteiger charge is -2.10. The number of benzene rings is 2. The van der Waals surface area contributed by atoms with Crippen molar-refractivity contribution in [1.29, 1.82) is 0 Å². The first-order chi connectivity index (χ1) is 12.5. The van der Waals surface area contributed by atoms with E-state index < -0.39 is 5.97 Å². The number of aryl methyl sites for hydroxylation is 1. The zero-order chi connectivity index (χ0) is 18.7. The molecule has 1 heterocycles. The highest BCUT2D eigenvalue weighted by Gasteiger charge is 2.18. The Hall–Kier alpha value is -3.28. The topological polar surface area (TPSA) is 77.8 Å². The molecule has 6 heteroatoms.